The quantitative estimate of drug-likeness (QED) is 0.832. The third-order valence-electron chi connectivity index (χ3n) is 3.54. The predicted molar refractivity (Wildman–Crippen MR) is 82.6 cm³/mol. The summed E-state index contributed by atoms with van der Waals surface area (Å²) in [6.45, 7) is 2.05. The van der Waals surface area contributed by atoms with E-state index >= 15 is 0 Å². The molecule has 0 aliphatic carbocycles. The number of para-hydroxylation sites is 2. The van der Waals surface area contributed by atoms with Gasteiger partial charge in [0.2, 0.25) is 0 Å². The molecule has 1 heterocycles. The summed E-state index contributed by atoms with van der Waals surface area (Å²) in [6, 6.07) is 15.2. The predicted octanol–water partition coefficient (Wildman–Crippen LogP) is 4.32. The number of amides is 2. The van der Waals surface area contributed by atoms with Gasteiger partial charge in [0, 0.05) is 11.7 Å². The summed E-state index contributed by atoms with van der Waals surface area (Å²) in [5.74, 6) is 0. The van der Waals surface area contributed by atoms with E-state index in [2.05, 4.69) is 11.4 Å². The van der Waals surface area contributed by atoms with Gasteiger partial charge in [-0.15, -0.1) is 0 Å². The minimum absolute atomic E-state index is 0.143. The van der Waals surface area contributed by atoms with Crippen LogP contribution in [0.1, 0.15) is 12.5 Å². The van der Waals surface area contributed by atoms with Gasteiger partial charge < -0.3 is 5.32 Å². The maximum atomic E-state index is 12.5. The van der Waals surface area contributed by atoms with Crippen LogP contribution in [0.25, 0.3) is 0 Å². The van der Waals surface area contributed by atoms with E-state index in [4.69, 9.17) is 11.6 Å². The molecule has 1 aliphatic heterocycles. The topological polar surface area (TPSA) is 32.3 Å². The average molecular weight is 287 g/mol. The first kappa shape index (κ1) is 13.0. The maximum absolute atomic E-state index is 12.5. The fourth-order valence-electron chi connectivity index (χ4n) is 2.61. The molecule has 0 saturated heterocycles. The van der Waals surface area contributed by atoms with Crippen molar-refractivity contribution in [1.29, 1.82) is 0 Å². The lowest BCUT2D eigenvalue weighted by molar-refractivity contribution is 0.256. The van der Waals surface area contributed by atoms with Gasteiger partial charge in [0.05, 0.1) is 10.7 Å². The molecule has 2 aromatic rings. The number of carbonyl (C=O) groups excluding carboxylic acids is 1. The number of rotatable bonds is 1. The number of halogens is 1. The van der Waals surface area contributed by atoms with Gasteiger partial charge >= 0.3 is 6.03 Å². The minimum Gasteiger partial charge on any atom is -0.306 e. The van der Waals surface area contributed by atoms with E-state index in [0.717, 1.165) is 12.1 Å². The van der Waals surface area contributed by atoms with E-state index in [0.29, 0.717) is 10.7 Å². The number of hydrogen-bond donors (Lipinski definition) is 1. The Labute approximate surface area is 123 Å². The van der Waals surface area contributed by atoms with Crippen LogP contribution in [-0.2, 0) is 6.42 Å². The number of hydrogen-bond acceptors (Lipinski definition) is 1. The lowest BCUT2D eigenvalue weighted by Gasteiger charge is -2.23. The van der Waals surface area contributed by atoms with E-state index in [1.165, 1.54) is 5.56 Å². The van der Waals surface area contributed by atoms with Gasteiger partial charge in [0.15, 0.2) is 0 Å². The SMILES string of the molecule is C[C@@H]1Cc2ccccc2N1C(=O)Nc1ccccc1Cl. The largest absolute Gasteiger partial charge is 0.326 e. The van der Waals surface area contributed by atoms with Crippen LogP contribution in [0.4, 0.5) is 16.2 Å². The second-order valence-corrected chi connectivity index (χ2v) is 5.37. The summed E-state index contributed by atoms with van der Waals surface area (Å²) >= 11 is 6.08. The summed E-state index contributed by atoms with van der Waals surface area (Å²) in [6.07, 6.45) is 0.881. The molecule has 0 unspecified atom stereocenters. The monoisotopic (exact) mass is 286 g/mol. The van der Waals surface area contributed by atoms with Crippen molar-refractivity contribution in [2.45, 2.75) is 19.4 Å². The zero-order valence-corrected chi connectivity index (χ0v) is 11.9. The van der Waals surface area contributed by atoms with Crippen molar-refractivity contribution in [2.24, 2.45) is 0 Å². The normalized spacial score (nSPS) is 16.9. The molecule has 2 amide bonds. The third-order valence-corrected chi connectivity index (χ3v) is 3.87. The molecule has 4 heteroatoms. The van der Waals surface area contributed by atoms with Crippen LogP contribution >= 0.6 is 11.6 Å². The molecule has 0 radical (unpaired) electrons. The van der Waals surface area contributed by atoms with Crippen LogP contribution in [0, 0.1) is 0 Å². The molecule has 0 aromatic heterocycles. The first-order valence-electron chi connectivity index (χ1n) is 6.59. The minimum atomic E-state index is -0.143. The lowest BCUT2D eigenvalue weighted by atomic mass is 10.1. The molecule has 102 valence electrons. The van der Waals surface area contributed by atoms with Gasteiger partial charge in [-0.25, -0.2) is 4.79 Å². The molecule has 0 spiro atoms. The van der Waals surface area contributed by atoms with Crippen molar-refractivity contribution in [1.82, 2.24) is 0 Å². The van der Waals surface area contributed by atoms with E-state index < -0.39 is 0 Å². The van der Waals surface area contributed by atoms with Crippen LogP contribution in [0.3, 0.4) is 0 Å². The second-order valence-electron chi connectivity index (χ2n) is 4.96. The number of anilines is 2. The summed E-state index contributed by atoms with van der Waals surface area (Å²) in [5.41, 5.74) is 2.81. The molecular weight excluding hydrogens is 272 g/mol. The number of fused-ring (bicyclic) bond motifs is 1. The van der Waals surface area contributed by atoms with Crippen LogP contribution in [-0.4, -0.2) is 12.1 Å². The van der Waals surface area contributed by atoms with Gasteiger partial charge in [-0.3, -0.25) is 4.90 Å². The zero-order valence-electron chi connectivity index (χ0n) is 11.1. The Bertz CT molecular complexity index is 656. The molecule has 3 rings (SSSR count). The van der Waals surface area contributed by atoms with Crippen molar-refractivity contribution in [2.75, 3.05) is 10.2 Å². The lowest BCUT2D eigenvalue weighted by Crippen LogP contribution is -2.39. The van der Waals surface area contributed by atoms with Crippen LogP contribution in [0.5, 0.6) is 0 Å². The van der Waals surface area contributed by atoms with Gasteiger partial charge in [-0.1, -0.05) is 41.9 Å². The van der Waals surface area contributed by atoms with Crippen LogP contribution in [0.2, 0.25) is 5.02 Å². The number of benzene rings is 2. The van der Waals surface area contributed by atoms with Crippen molar-refractivity contribution in [3.63, 3.8) is 0 Å². The smallest absolute Gasteiger partial charge is 0.306 e. The Balaban J connectivity index is 1.86. The van der Waals surface area contributed by atoms with Crippen molar-refractivity contribution in [3.05, 3.63) is 59.1 Å². The van der Waals surface area contributed by atoms with Gasteiger partial charge in [-0.2, -0.15) is 0 Å². The van der Waals surface area contributed by atoms with Gasteiger partial charge in [0.25, 0.3) is 0 Å². The van der Waals surface area contributed by atoms with E-state index in [9.17, 15) is 4.79 Å². The first-order valence-corrected chi connectivity index (χ1v) is 6.97. The fraction of sp³-hybridized carbons (Fsp3) is 0.188. The van der Waals surface area contributed by atoms with Crippen molar-refractivity contribution < 1.29 is 4.79 Å². The summed E-state index contributed by atoms with van der Waals surface area (Å²) in [5, 5.41) is 3.42. The Kier molecular flexibility index (Phi) is 3.36. The standard InChI is InChI=1S/C16H15ClN2O/c1-11-10-12-6-2-5-9-15(12)19(11)16(20)18-14-8-4-3-7-13(14)17/h2-9,11H,10H2,1H3,(H,18,20)/t11-/m1/s1. The molecule has 20 heavy (non-hydrogen) atoms. The highest BCUT2D eigenvalue weighted by Gasteiger charge is 2.30. The Morgan fingerprint density at radius 1 is 1.20 bits per heavy atom. The molecule has 1 atom stereocenters. The van der Waals surface area contributed by atoms with E-state index in [1.807, 2.05) is 37.3 Å². The highest BCUT2D eigenvalue weighted by Crippen LogP contribution is 2.32. The van der Waals surface area contributed by atoms with Crippen LogP contribution < -0.4 is 10.2 Å². The highest BCUT2D eigenvalue weighted by atomic mass is 35.5. The van der Waals surface area contributed by atoms with E-state index in [-0.39, 0.29) is 12.1 Å². The van der Waals surface area contributed by atoms with Gasteiger partial charge in [-0.05, 0) is 37.1 Å². The fourth-order valence-corrected chi connectivity index (χ4v) is 2.80. The maximum Gasteiger partial charge on any atom is 0.326 e. The molecular formula is C16H15ClN2O. The third kappa shape index (κ3) is 2.25. The Hall–Kier alpha value is -2.00. The zero-order chi connectivity index (χ0) is 14.1. The van der Waals surface area contributed by atoms with Crippen molar-refractivity contribution >= 4 is 29.0 Å². The highest BCUT2D eigenvalue weighted by molar-refractivity contribution is 6.33. The molecule has 0 fully saturated rings. The summed E-state index contributed by atoms with van der Waals surface area (Å²) in [4.78, 5) is 14.3. The Morgan fingerprint density at radius 3 is 2.70 bits per heavy atom. The Morgan fingerprint density at radius 2 is 1.90 bits per heavy atom. The van der Waals surface area contributed by atoms with Crippen molar-refractivity contribution in [3.8, 4) is 0 Å². The summed E-state index contributed by atoms with van der Waals surface area (Å²) < 4.78 is 0. The average Bonchev–Trinajstić information content (AvgIpc) is 2.77. The molecule has 2 aromatic carbocycles. The molecule has 0 saturated carbocycles. The van der Waals surface area contributed by atoms with Crippen LogP contribution in [0.15, 0.2) is 48.5 Å². The van der Waals surface area contributed by atoms with E-state index in [1.54, 1.807) is 17.0 Å². The number of carbonyl (C=O) groups is 1. The molecule has 1 aliphatic rings. The number of urea groups is 1. The summed E-state index contributed by atoms with van der Waals surface area (Å²) in [7, 11) is 0. The molecule has 3 nitrogen and oxygen atoms in total. The number of nitrogens with one attached hydrogen (secondary N) is 1. The molecule has 0 bridgehead atoms. The first-order chi connectivity index (χ1) is 9.66. The van der Waals surface area contributed by atoms with Gasteiger partial charge in [0.1, 0.15) is 0 Å². The number of nitrogens with zero attached hydrogens (tertiary/aromatic N) is 1. The molecule has 1 N–H and O–H groups in total. The second kappa shape index (κ2) is 5.17.